The maximum Gasteiger partial charge on any atom is 0.126 e. The number of ether oxygens (including phenoxy) is 3. The summed E-state index contributed by atoms with van der Waals surface area (Å²) in [7, 11) is 1.66. The quantitative estimate of drug-likeness (QED) is 0.866. The highest BCUT2D eigenvalue weighted by Crippen LogP contribution is 2.27. The van der Waals surface area contributed by atoms with Crippen LogP contribution >= 0.6 is 0 Å². The molecule has 1 saturated heterocycles. The SMILES string of the molecule is COc1ccc(CCN)c(OC2CCOCC2)c1. The molecule has 1 aromatic carbocycles. The molecule has 100 valence electrons. The summed E-state index contributed by atoms with van der Waals surface area (Å²) in [4.78, 5) is 0. The Morgan fingerprint density at radius 2 is 2.11 bits per heavy atom. The number of hydrogen-bond donors (Lipinski definition) is 1. The number of rotatable bonds is 5. The van der Waals surface area contributed by atoms with E-state index in [1.54, 1.807) is 7.11 Å². The lowest BCUT2D eigenvalue weighted by molar-refractivity contribution is 0.0251. The van der Waals surface area contributed by atoms with Gasteiger partial charge in [-0.2, -0.15) is 0 Å². The van der Waals surface area contributed by atoms with Crippen LogP contribution < -0.4 is 15.2 Å². The van der Waals surface area contributed by atoms with Crippen molar-refractivity contribution in [3.63, 3.8) is 0 Å². The van der Waals surface area contributed by atoms with E-state index in [0.29, 0.717) is 6.54 Å². The molecule has 1 heterocycles. The number of nitrogens with two attached hydrogens (primary N) is 1. The molecule has 0 bridgehead atoms. The summed E-state index contributed by atoms with van der Waals surface area (Å²) in [6, 6.07) is 5.92. The molecule has 4 heteroatoms. The predicted octanol–water partition coefficient (Wildman–Crippen LogP) is 1.75. The van der Waals surface area contributed by atoms with Gasteiger partial charge in [0.05, 0.1) is 20.3 Å². The van der Waals surface area contributed by atoms with E-state index in [9.17, 15) is 0 Å². The van der Waals surface area contributed by atoms with Crippen molar-refractivity contribution in [3.05, 3.63) is 23.8 Å². The standard InChI is InChI=1S/C14H21NO3/c1-16-13-3-2-11(4-7-15)14(10-13)18-12-5-8-17-9-6-12/h2-3,10,12H,4-9,15H2,1H3. The maximum atomic E-state index is 6.07. The Labute approximate surface area is 108 Å². The number of hydrogen-bond acceptors (Lipinski definition) is 4. The zero-order valence-corrected chi connectivity index (χ0v) is 10.9. The Bertz CT molecular complexity index is 375. The molecule has 4 nitrogen and oxygen atoms in total. The molecule has 1 fully saturated rings. The van der Waals surface area contributed by atoms with Gasteiger partial charge in [0.25, 0.3) is 0 Å². The van der Waals surface area contributed by atoms with Crippen LogP contribution in [0.1, 0.15) is 18.4 Å². The van der Waals surface area contributed by atoms with Gasteiger partial charge in [-0.1, -0.05) is 6.07 Å². The average molecular weight is 251 g/mol. The molecule has 0 atom stereocenters. The summed E-state index contributed by atoms with van der Waals surface area (Å²) in [5.74, 6) is 1.71. The predicted molar refractivity (Wildman–Crippen MR) is 70.2 cm³/mol. The molecule has 0 amide bonds. The zero-order valence-electron chi connectivity index (χ0n) is 10.9. The van der Waals surface area contributed by atoms with Crippen molar-refractivity contribution in [1.29, 1.82) is 0 Å². The summed E-state index contributed by atoms with van der Waals surface area (Å²) in [5.41, 5.74) is 6.77. The van der Waals surface area contributed by atoms with Gasteiger partial charge in [-0.15, -0.1) is 0 Å². The highest BCUT2D eigenvalue weighted by molar-refractivity contribution is 5.41. The monoisotopic (exact) mass is 251 g/mol. The molecule has 0 aromatic heterocycles. The first-order chi connectivity index (χ1) is 8.83. The fraction of sp³-hybridized carbons (Fsp3) is 0.571. The van der Waals surface area contributed by atoms with Gasteiger partial charge in [0.15, 0.2) is 0 Å². The van der Waals surface area contributed by atoms with E-state index in [4.69, 9.17) is 19.9 Å². The highest BCUT2D eigenvalue weighted by atomic mass is 16.5. The minimum absolute atomic E-state index is 0.238. The summed E-state index contributed by atoms with van der Waals surface area (Å²) in [5, 5.41) is 0. The molecule has 1 aliphatic heterocycles. The van der Waals surface area contributed by atoms with Crippen molar-refractivity contribution in [2.45, 2.75) is 25.4 Å². The second kappa shape index (κ2) is 6.61. The van der Waals surface area contributed by atoms with Gasteiger partial charge in [-0.05, 0) is 24.6 Å². The molecule has 2 rings (SSSR count). The Morgan fingerprint density at radius 1 is 1.33 bits per heavy atom. The molecule has 0 spiro atoms. The highest BCUT2D eigenvalue weighted by Gasteiger charge is 2.17. The van der Waals surface area contributed by atoms with Gasteiger partial charge in [0.2, 0.25) is 0 Å². The van der Waals surface area contributed by atoms with E-state index in [2.05, 4.69) is 0 Å². The van der Waals surface area contributed by atoms with Crippen molar-refractivity contribution in [2.75, 3.05) is 26.9 Å². The van der Waals surface area contributed by atoms with E-state index in [-0.39, 0.29) is 6.10 Å². The Hall–Kier alpha value is -1.26. The van der Waals surface area contributed by atoms with Crippen LogP contribution in [0.4, 0.5) is 0 Å². The van der Waals surface area contributed by atoms with Gasteiger partial charge in [0.1, 0.15) is 17.6 Å². The lowest BCUT2D eigenvalue weighted by atomic mass is 10.1. The molecule has 18 heavy (non-hydrogen) atoms. The Balaban J connectivity index is 2.11. The van der Waals surface area contributed by atoms with E-state index >= 15 is 0 Å². The second-order valence-electron chi connectivity index (χ2n) is 4.44. The normalized spacial score (nSPS) is 16.6. The molecule has 1 aliphatic rings. The van der Waals surface area contributed by atoms with Crippen LogP contribution in [0.3, 0.4) is 0 Å². The molecular weight excluding hydrogens is 230 g/mol. The average Bonchev–Trinajstić information content (AvgIpc) is 2.42. The van der Waals surface area contributed by atoms with Gasteiger partial charge < -0.3 is 19.9 Å². The van der Waals surface area contributed by atoms with Crippen LogP contribution in [0.5, 0.6) is 11.5 Å². The maximum absolute atomic E-state index is 6.07. The minimum atomic E-state index is 0.238. The number of benzene rings is 1. The summed E-state index contributed by atoms with van der Waals surface area (Å²) in [6.07, 6.45) is 2.95. The fourth-order valence-corrected chi connectivity index (χ4v) is 2.11. The van der Waals surface area contributed by atoms with Gasteiger partial charge >= 0.3 is 0 Å². The van der Waals surface area contributed by atoms with E-state index in [1.807, 2.05) is 18.2 Å². The van der Waals surface area contributed by atoms with Crippen molar-refractivity contribution < 1.29 is 14.2 Å². The lowest BCUT2D eigenvalue weighted by Crippen LogP contribution is -2.26. The van der Waals surface area contributed by atoms with Crippen LogP contribution in [-0.2, 0) is 11.2 Å². The minimum Gasteiger partial charge on any atom is -0.497 e. The molecule has 0 unspecified atom stereocenters. The first-order valence-electron chi connectivity index (χ1n) is 6.45. The van der Waals surface area contributed by atoms with Crippen LogP contribution in [0.25, 0.3) is 0 Å². The molecule has 0 aliphatic carbocycles. The van der Waals surface area contributed by atoms with Crippen molar-refractivity contribution >= 4 is 0 Å². The van der Waals surface area contributed by atoms with Gasteiger partial charge in [0, 0.05) is 18.9 Å². The Morgan fingerprint density at radius 3 is 2.78 bits per heavy atom. The van der Waals surface area contributed by atoms with Crippen molar-refractivity contribution in [1.82, 2.24) is 0 Å². The topological polar surface area (TPSA) is 53.7 Å². The van der Waals surface area contributed by atoms with Crippen LogP contribution in [0, 0.1) is 0 Å². The van der Waals surface area contributed by atoms with Gasteiger partial charge in [-0.3, -0.25) is 0 Å². The van der Waals surface area contributed by atoms with E-state index in [0.717, 1.165) is 49.5 Å². The summed E-state index contributed by atoms with van der Waals surface area (Å²) < 4.78 is 16.6. The molecule has 0 saturated carbocycles. The summed E-state index contributed by atoms with van der Waals surface area (Å²) in [6.45, 7) is 2.18. The first-order valence-corrected chi connectivity index (χ1v) is 6.45. The Kier molecular flexibility index (Phi) is 4.84. The smallest absolute Gasteiger partial charge is 0.126 e. The van der Waals surface area contributed by atoms with Crippen LogP contribution in [0.15, 0.2) is 18.2 Å². The van der Waals surface area contributed by atoms with E-state index < -0.39 is 0 Å². The van der Waals surface area contributed by atoms with Crippen molar-refractivity contribution in [3.8, 4) is 11.5 Å². The third kappa shape index (κ3) is 3.37. The van der Waals surface area contributed by atoms with Gasteiger partial charge in [-0.25, -0.2) is 0 Å². The molecule has 1 aromatic rings. The third-order valence-corrected chi connectivity index (χ3v) is 3.15. The number of methoxy groups -OCH3 is 1. The molecule has 2 N–H and O–H groups in total. The fourth-order valence-electron chi connectivity index (χ4n) is 2.11. The largest absolute Gasteiger partial charge is 0.497 e. The zero-order chi connectivity index (χ0) is 12.8. The first kappa shape index (κ1) is 13.2. The van der Waals surface area contributed by atoms with Crippen LogP contribution in [0.2, 0.25) is 0 Å². The third-order valence-electron chi connectivity index (χ3n) is 3.15. The summed E-state index contributed by atoms with van der Waals surface area (Å²) >= 11 is 0. The lowest BCUT2D eigenvalue weighted by Gasteiger charge is -2.24. The van der Waals surface area contributed by atoms with E-state index in [1.165, 1.54) is 0 Å². The van der Waals surface area contributed by atoms with Crippen molar-refractivity contribution in [2.24, 2.45) is 5.73 Å². The molecular formula is C14H21NO3. The van der Waals surface area contributed by atoms with Crippen LogP contribution in [-0.4, -0.2) is 33.0 Å². The second-order valence-corrected chi connectivity index (χ2v) is 4.44. The molecule has 0 radical (unpaired) electrons.